The van der Waals surface area contributed by atoms with Crippen molar-refractivity contribution in [1.82, 2.24) is 15.4 Å². The molecule has 0 spiro atoms. The second-order valence-corrected chi connectivity index (χ2v) is 7.61. The van der Waals surface area contributed by atoms with Gasteiger partial charge in [-0.05, 0) is 43.7 Å². The number of aromatic nitrogens is 1. The van der Waals surface area contributed by atoms with Gasteiger partial charge < -0.3 is 10.5 Å². The molecular formula is C13H20N4O3S2. The summed E-state index contributed by atoms with van der Waals surface area (Å²) in [5.41, 5.74) is 6.92. The molecule has 0 radical (unpaired) electrons. The number of nitrogens with two attached hydrogens (primary N) is 1. The van der Waals surface area contributed by atoms with Crippen LogP contribution in [0.4, 0.5) is 9.59 Å². The van der Waals surface area contributed by atoms with Gasteiger partial charge in [-0.1, -0.05) is 16.9 Å². The number of hydrogen-bond acceptors (Lipinski definition) is 6. The minimum Gasteiger partial charge on any atom is -0.443 e. The molecule has 0 saturated heterocycles. The predicted octanol–water partition coefficient (Wildman–Crippen LogP) is 2.64. The van der Waals surface area contributed by atoms with E-state index in [1.165, 1.54) is 21.6 Å². The highest BCUT2D eigenvalue weighted by atomic mass is 33.1. The van der Waals surface area contributed by atoms with Crippen LogP contribution in [0.1, 0.15) is 20.8 Å². The quantitative estimate of drug-likeness (QED) is 0.484. The Kier molecular flexibility index (Phi) is 7.33. The molecule has 0 aliphatic carbocycles. The third kappa shape index (κ3) is 7.99. The summed E-state index contributed by atoms with van der Waals surface area (Å²) in [6, 6.07) is 4.89. The number of hydrogen-bond donors (Lipinski definition) is 2. The Morgan fingerprint density at radius 3 is 2.68 bits per heavy atom. The van der Waals surface area contributed by atoms with Crippen LogP contribution in [0.3, 0.4) is 0 Å². The van der Waals surface area contributed by atoms with Gasteiger partial charge in [-0.3, -0.25) is 0 Å². The van der Waals surface area contributed by atoms with Crippen LogP contribution in [-0.2, 0) is 4.74 Å². The monoisotopic (exact) mass is 344 g/mol. The van der Waals surface area contributed by atoms with Gasteiger partial charge in [0.15, 0.2) is 0 Å². The van der Waals surface area contributed by atoms with Gasteiger partial charge in [-0.25, -0.2) is 25.0 Å². The van der Waals surface area contributed by atoms with Crippen molar-refractivity contribution in [1.29, 1.82) is 0 Å². The first-order chi connectivity index (χ1) is 10.3. The molecular weight excluding hydrogens is 324 g/mol. The second kappa shape index (κ2) is 8.74. The molecule has 0 saturated carbocycles. The van der Waals surface area contributed by atoms with Crippen molar-refractivity contribution < 1.29 is 14.3 Å². The molecule has 7 nitrogen and oxygen atoms in total. The van der Waals surface area contributed by atoms with Crippen LogP contribution in [0.2, 0.25) is 0 Å². The molecule has 9 heteroatoms. The van der Waals surface area contributed by atoms with Crippen molar-refractivity contribution in [3.05, 3.63) is 24.4 Å². The zero-order valence-electron chi connectivity index (χ0n) is 12.7. The Morgan fingerprint density at radius 1 is 1.41 bits per heavy atom. The fourth-order valence-corrected chi connectivity index (χ4v) is 3.09. The molecule has 122 valence electrons. The predicted molar refractivity (Wildman–Crippen MR) is 88.2 cm³/mol. The van der Waals surface area contributed by atoms with Crippen molar-refractivity contribution in [2.75, 3.05) is 12.3 Å². The van der Waals surface area contributed by atoms with Crippen LogP contribution in [0.15, 0.2) is 29.4 Å². The molecule has 1 aromatic rings. The minimum absolute atomic E-state index is 0.263. The molecule has 0 aromatic carbocycles. The minimum atomic E-state index is -0.741. The maximum Gasteiger partial charge on any atom is 0.426 e. The number of pyridine rings is 1. The standard InChI is InChI=1S/C13H20N4O3S2/c1-13(2,3)20-12(19)16-17(11(14)18)8-9-21-22-10-6-4-5-7-15-10/h4-7H,8-9H2,1-3H3,(H2,14,18)(H,16,19). The number of nitrogens with one attached hydrogen (secondary N) is 1. The van der Waals surface area contributed by atoms with Gasteiger partial charge >= 0.3 is 12.1 Å². The number of amides is 3. The molecule has 22 heavy (non-hydrogen) atoms. The molecule has 1 rings (SSSR count). The number of carbonyl (C=O) groups excluding carboxylic acids is 2. The Morgan fingerprint density at radius 2 is 2.14 bits per heavy atom. The highest BCUT2D eigenvalue weighted by Gasteiger charge is 2.19. The van der Waals surface area contributed by atoms with E-state index >= 15 is 0 Å². The highest BCUT2D eigenvalue weighted by Crippen LogP contribution is 2.28. The summed E-state index contributed by atoms with van der Waals surface area (Å²) in [4.78, 5) is 27.1. The van der Waals surface area contributed by atoms with Crippen molar-refractivity contribution >= 4 is 33.7 Å². The first-order valence-electron chi connectivity index (χ1n) is 6.55. The fourth-order valence-electron chi connectivity index (χ4n) is 1.26. The number of nitrogens with zero attached hydrogens (tertiary/aromatic N) is 2. The number of ether oxygens (including phenoxy) is 1. The lowest BCUT2D eigenvalue weighted by Gasteiger charge is -2.24. The lowest BCUT2D eigenvalue weighted by Crippen LogP contribution is -2.51. The SMILES string of the molecule is CC(C)(C)OC(=O)NN(CCSSc1ccccn1)C(N)=O. The average Bonchev–Trinajstić information content (AvgIpc) is 2.41. The Hall–Kier alpha value is -1.61. The Bertz CT molecular complexity index is 494. The van der Waals surface area contributed by atoms with E-state index in [9.17, 15) is 9.59 Å². The van der Waals surface area contributed by atoms with Crippen molar-refractivity contribution in [3.63, 3.8) is 0 Å². The second-order valence-electron chi connectivity index (χ2n) is 5.18. The van der Waals surface area contributed by atoms with E-state index < -0.39 is 17.7 Å². The summed E-state index contributed by atoms with van der Waals surface area (Å²) < 4.78 is 5.07. The van der Waals surface area contributed by atoms with Crippen molar-refractivity contribution in [3.8, 4) is 0 Å². The largest absolute Gasteiger partial charge is 0.443 e. The van der Waals surface area contributed by atoms with Crippen LogP contribution < -0.4 is 11.2 Å². The molecule has 0 fully saturated rings. The summed E-state index contributed by atoms with van der Waals surface area (Å²) in [5, 5.41) is 1.90. The molecule has 3 amide bonds. The van der Waals surface area contributed by atoms with Gasteiger partial charge in [0, 0.05) is 11.9 Å². The van der Waals surface area contributed by atoms with E-state index in [4.69, 9.17) is 10.5 Å². The van der Waals surface area contributed by atoms with Crippen LogP contribution in [0.25, 0.3) is 0 Å². The first kappa shape index (κ1) is 18.4. The van der Waals surface area contributed by atoms with E-state index in [0.29, 0.717) is 5.75 Å². The van der Waals surface area contributed by atoms with Crippen molar-refractivity contribution in [2.45, 2.75) is 31.4 Å². The number of hydrazine groups is 1. The van der Waals surface area contributed by atoms with Gasteiger partial charge in [0.1, 0.15) is 10.6 Å². The summed E-state index contributed by atoms with van der Waals surface area (Å²) >= 11 is 0. The zero-order valence-corrected chi connectivity index (χ0v) is 14.4. The number of rotatable bonds is 5. The topological polar surface area (TPSA) is 97.6 Å². The third-order valence-corrected chi connectivity index (χ3v) is 4.32. The van der Waals surface area contributed by atoms with E-state index in [1.54, 1.807) is 27.0 Å². The summed E-state index contributed by atoms with van der Waals surface area (Å²) in [6.45, 7) is 5.47. The maximum absolute atomic E-state index is 11.6. The molecule has 0 unspecified atom stereocenters. The Balaban J connectivity index is 2.35. The summed E-state index contributed by atoms with van der Waals surface area (Å²) in [6.07, 6.45) is 0.997. The lowest BCUT2D eigenvalue weighted by molar-refractivity contribution is 0.0390. The number of urea groups is 1. The van der Waals surface area contributed by atoms with Crippen molar-refractivity contribution in [2.24, 2.45) is 5.73 Å². The van der Waals surface area contributed by atoms with E-state index in [2.05, 4.69) is 10.4 Å². The molecule has 0 bridgehead atoms. The normalized spacial score (nSPS) is 10.9. The molecule has 1 heterocycles. The first-order valence-corrected chi connectivity index (χ1v) is 8.87. The van der Waals surface area contributed by atoms with E-state index in [0.717, 1.165) is 10.0 Å². The van der Waals surface area contributed by atoms with Gasteiger partial charge in [0.05, 0.1) is 6.54 Å². The molecule has 3 N–H and O–H groups in total. The van der Waals surface area contributed by atoms with Crippen LogP contribution in [-0.4, -0.2) is 40.0 Å². The lowest BCUT2D eigenvalue weighted by atomic mass is 10.2. The number of carbonyl (C=O) groups is 2. The summed E-state index contributed by atoms with van der Waals surface area (Å²) in [7, 11) is 2.99. The highest BCUT2D eigenvalue weighted by molar-refractivity contribution is 8.76. The molecule has 0 aliphatic heterocycles. The van der Waals surface area contributed by atoms with Crippen LogP contribution in [0.5, 0.6) is 0 Å². The van der Waals surface area contributed by atoms with Gasteiger partial charge in [0.2, 0.25) is 0 Å². The van der Waals surface area contributed by atoms with E-state index in [1.807, 2.05) is 18.2 Å². The fraction of sp³-hybridized carbons (Fsp3) is 0.462. The van der Waals surface area contributed by atoms with Gasteiger partial charge in [0.25, 0.3) is 0 Å². The van der Waals surface area contributed by atoms with Crippen LogP contribution >= 0.6 is 21.6 Å². The number of primary amides is 1. The zero-order chi connectivity index (χ0) is 16.6. The maximum atomic E-state index is 11.6. The van der Waals surface area contributed by atoms with E-state index in [-0.39, 0.29) is 6.54 Å². The third-order valence-electron chi connectivity index (χ3n) is 2.07. The average molecular weight is 344 g/mol. The van der Waals surface area contributed by atoms with Crippen LogP contribution in [0, 0.1) is 0 Å². The van der Waals surface area contributed by atoms with Gasteiger partial charge in [-0.2, -0.15) is 0 Å². The molecule has 0 atom stereocenters. The molecule has 0 aliphatic rings. The molecule has 1 aromatic heterocycles. The smallest absolute Gasteiger partial charge is 0.426 e. The van der Waals surface area contributed by atoms with Gasteiger partial charge in [-0.15, -0.1) is 0 Å². The Labute approximate surface area is 137 Å². The summed E-state index contributed by atoms with van der Waals surface area (Å²) in [5.74, 6) is 0.569.